The summed E-state index contributed by atoms with van der Waals surface area (Å²) in [6.45, 7) is 5.45. The molecule has 0 aromatic carbocycles. The van der Waals surface area contributed by atoms with E-state index in [9.17, 15) is 4.79 Å². The molecule has 2 saturated carbocycles. The van der Waals surface area contributed by atoms with Crippen LogP contribution in [0.4, 0.5) is 10.7 Å². The fourth-order valence-electron chi connectivity index (χ4n) is 2.81. The van der Waals surface area contributed by atoms with Crippen LogP contribution in [0.15, 0.2) is 0 Å². The Bertz CT molecular complexity index is 545. The minimum absolute atomic E-state index is 0.286. The molecule has 21 heavy (non-hydrogen) atoms. The number of rotatable bonds is 7. The first-order chi connectivity index (χ1) is 10.1. The molecule has 3 N–H and O–H groups in total. The van der Waals surface area contributed by atoms with E-state index in [0.717, 1.165) is 17.1 Å². The van der Waals surface area contributed by atoms with Crippen molar-refractivity contribution in [1.82, 2.24) is 0 Å². The molecular formula is C16H24N2O2S. The monoisotopic (exact) mass is 308 g/mol. The number of hydrogen-bond acceptors (Lipinski definition) is 5. The lowest BCUT2D eigenvalue weighted by molar-refractivity contribution is 0.0533. The van der Waals surface area contributed by atoms with Crippen molar-refractivity contribution >= 4 is 28.0 Å². The number of nitrogens with two attached hydrogens (primary N) is 1. The van der Waals surface area contributed by atoms with Gasteiger partial charge in [0.25, 0.3) is 0 Å². The van der Waals surface area contributed by atoms with Crippen molar-refractivity contribution in [3.05, 3.63) is 10.4 Å². The largest absolute Gasteiger partial charge is 0.462 e. The number of thiophene rings is 1. The molecular weight excluding hydrogens is 284 g/mol. The second kappa shape index (κ2) is 5.52. The van der Waals surface area contributed by atoms with Gasteiger partial charge in [-0.3, -0.25) is 0 Å². The number of esters is 1. The first-order valence-corrected chi connectivity index (χ1v) is 8.75. The van der Waals surface area contributed by atoms with Crippen LogP contribution in [-0.4, -0.2) is 19.1 Å². The summed E-state index contributed by atoms with van der Waals surface area (Å²) in [5, 5.41) is 4.67. The number of nitrogen functional groups attached to an aromatic ring is 1. The summed E-state index contributed by atoms with van der Waals surface area (Å²) in [5.74, 6) is 0.246. The lowest BCUT2D eigenvalue weighted by Gasteiger charge is -2.14. The lowest BCUT2D eigenvalue weighted by Crippen LogP contribution is -2.14. The first-order valence-electron chi connectivity index (χ1n) is 7.93. The van der Waals surface area contributed by atoms with Crippen molar-refractivity contribution in [3.63, 3.8) is 0 Å². The topological polar surface area (TPSA) is 64.3 Å². The van der Waals surface area contributed by atoms with Gasteiger partial charge in [-0.15, -0.1) is 11.3 Å². The van der Waals surface area contributed by atoms with E-state index in [4.69, 9.17) is 10.5 Å². The van der Waals surface area contributed by atoms with Crippen LogP contribution in [0.3, 0.4) is 0 Å². The van der Waals surface area contributed by atoms with Crippen LogP contribution < -0.4 is 11.1 Å². The summed E-state index contributed by atoms with van der Waals surface area (Å²) in [5.41, 5.74) is 8.51. The van der Waals surface area contributed by atoms with Crippen LogP contribution in [0.25, 0.3) is 0 Å². The second-order valence-electron chi connectivity index (χ2n) is 6.29. The minimum Gasteiger partial charge on any atom is -0.462 e. The maximum Gasteiger partial charge on any atom is 0.350 e. The molecule has 2 aliphatic carbocycles. The third-order valence-corrected chi connectivity index (χ3v) is 5.92. The molecule has 0 spiro atoms. The number of carbonyl (C=O) groups excluding carboxylic acids is 1. The Balaban J connectivity index is 1.81. The molecule has 0 amide bonds. The van der Waals surface area contributed by atoms with Crippen molar-refractivity contribution in [2.45, 2.75) is 51.9 Å². The molecule has 0 atom stereocenters. The van der Waals surface area contributed by atoms with Gasteiger partial charge in [0.2, 0.25) is 0 Å². The van der Waals surface area contributed by atoms with Gasteiger partial charge in [-0.1, -0.05) is 6.92 Å². The van der Waals surface area contributed by atoms with Gasteiger partial charge in [0.15, 0.2) is 0 Å². The summed E-state index contributed by atoms with van der Waals surface area (Å²) in [7, 11) is 0. The molecule has 2 aliphatic rings. The highest BCUT2D eigenvalue weighted by Gasteiger charge is 2.41. The third kappa shape index (κ3) is 2.89. The summed E-state index contributed by atoms with van der Waals surface area (Å²) in [6, 6.07) is 0. The summed E-state index contributed by atoms with van der Waals surface area (Å²) >= 11 is 1.47. The van der Waals surface area contributed by atoms with Crippen LogP contribution >= 0.6 is 11.3 Å². The molecule has 3 rings (SSSR count). The quantitative estimate of drug-likeness (QED) is 0.748. The lowest BCUT2D eigenvalue weighted by atomic mass is 10.0. The average Bonchev–Trinajstić information content (AvgIpc) is 3.38. The van der Waals surface area contributed by atoms with Gasteiger partial charge < -0.3 is 15.8 Å². The highest BCUT2D eigenvalue weighted by Crippen LogP contribution is 2.53. The number of hydrogen-bond donors (Lipinski definition) is 2. The Morgan fingerprint density at radius 3 is 2.67 bits per heavy atom. The number of ether oxygens (including phenoxy) is 1. The zero-order valence-corrected chi connectivity index (χ0v) is 13.6. The molecule has 0 radical (unpaired) electrons. The van der Waals surface area contributed by atoms with Crippen LogP contribution in [0, 0.1) is 5.41 Å². The van der Waals surface area contributed by atoms with Crippen LogP contribution in [0.5, 0.6) is 0 Å². The van der Waals surface area contributed by atoms with Gasteiger partial charge in [0.1, 0.15) is 4.88 Å². The van der Waals surface area contributed by atoms with Gasteiger partial charge in [-0.05, 0) is 50.4 Å². The maximum absolute atomic E-state index is 12.0. The normalized spacial score (nSPS) is 19.3. The minimum atomic E-state index is -0.286. The molecule has 0 unspecified atom stereocenters. The fraction of sp³-hybridized carbons (Fsp3) is 0.688. The Morgan fingerprint density at radius 2 is 2.14 bits per heavy atom. The zero-order chi connectivity index (χ0) is 15.0. The van der Waals surface area contributed by atoms with Gasteiger partial charge in [-0.2, -0.15) is 0 Å². The van der Waals surface area contributed by atoms with E-state index in [-0.39, 0.29) is 5.97 Å². The van der Waals surface area contributed by atoms with E-state index in [0.29, 0.717) is 28.5 Å². The Labute approximate surface area is 130 Å². The van der Waals surface area contributed by atoms with E-state index in [1.54, 1.807) is 0 Å². The molecule has 2 fully saturated rings. The van der Waals surface area contributed by atoms with Crippen molar-refractivity contribution in [3.8, 4) is 0 Å². The van der Waals surface area contributed by atoms with E-state index >= 15 is 0 Å². The Morgan fingerprint density at radius 1 is 1.43 bits per heavy atom. The predicted octanol–water partition coefficient (Wildman–Crippen LogP) is 3.99. The van der Waals surface area contributed by atoms with Crippen molar-refractivity contribution in [2.75, 3.05) is 24.2 Å². The van der Waals surface area contributed by atoms with E-state index < -0.39 is 0 Å². The molecule has 4 nitrogen and oxygen atoms in total. The molecule has 1 aromatic heterocycles. The van der Waals surface area contributed by atoms with Crippen molar-refractivity contribution < 1.29 is 9.53 Å². The molecule has 116 valence electrons. The third-order valence-electron chi connectivity index (χ3n) is 4.76. The summed E-state index contributed by atoms with van der Waals surface area (Å²) in [4.78, 5) is 12.6. The molecule has 0 bridgehead atoms. The SMILES string of the molecule is CCOC(=O)c1sc(NCC2(CC)CC2)c(C2CC2)c1N. The highest BCUT2D eigenvalue weighted by molar-refractivity contribution is 7.18. The van der Waals surface area contributed by atoms with Crippen LogP contribution in [0.2, 0.25) is 0 Å². The molecule has 0 saturated heterocycles. The van der Waals surface area contributed by atoms with Crippen LogP contribution in [0.1, 0.15) is 67.1 Å². The van der Waals surface area contributed by atoms with E-state index in [1.165, 1.54) is 43.4 Å². The van der Waals surface area contributed by atoms with Gasteiger partial charge >= 0.3 is 5.97 Å². The van der Waals surface area contributed by atoms with Gasteiger partial charge in [0.05, 0.1) is 17.3 Å². The predicted molar refractivity (Wildman–Crippen MR) is 87.1 cm³/mol. The summed E-state index contributed by atoms with van der Waals surface area (Å²) < 4.78 is 5.12. The molecule has 1 aromatic rings. The molecule has 0 aliphatic heterocycles. The highest BCUT2D eigenvalue weighted by atomic mass is 32.1. The van der Waals surface area contributed by atoms with Crippen molar-refractivity contribution in [1.29, 1.82) is 0 Å². The average molecular weight is 308 g/mol. The smallest absolute Gasteiger partial charge is 0.350 e. The first kappa shape index (κ1) is 14.7. The van der Waals surface area contributed by atoms with Crippen LogP contribution in [-0.2, 0) is 4.74 Å². The van der Waals surface area contributed by atoms with E-state index in [2.05, 4.69) is 12.2 Å². The van der Waals surface area contributed by atoms with Gasteiger partial charge in [0, 0.05) is 12.1 Å². The van der Waals surface area contributed by atoms with Crippen molar-refractivity contribution in [2.24, 2.45) is 5.41 Å². The number of anilines is 2. The maximum atomic E-state index is 12.0. The number of carbonyl (C=O) groups is 1. The fourth-order valence-corrected chi connectivity index (χ4v) is 3.91. The van der Waals surface area contributed by atoms with E-state index in [1.807, 2.05) is 6.92 Å². The van der Waals surface area contributed by atoms with Gasteiger partial charge in [-0.25, -0.2) is 4.79 Å². The summed E-state index contributed by atoms with van der Waals surface area (Å²) in [6.07, 6.45) is 6.18. The number of nitrogens with one attached hydrogen (secondary N) is 1. The molecule has 1 heterocycles. The standard InChI is InChI=1S/C16H24N2O2S/c1-3-16(7-8-16)9-18-14-11(10-5-6-10)12(17)13(21-14)15(19)20-4-2/h10,18H,3-9,17H2,1-2H3. The Hall–Kier alpha value is -1.23. The molecule has 5 heteroatoms. The Kier molecular flexibility index (Phi) is 3.86. The zero-order valence-electron chi connectivity index (χ0n) is 12.8. The second-order valence-corrected chi connectivity index (χ2v) is 7.31.